The van der Waals surface area contributed by atoms with Crippen LogP contribution in [0.1, 0.15) is 18.6 Å². The summed E-state index contributed by atoms with van der Waals surface area (Å²) in [5, 5.41) is 19.2. The Morgan fingerprint density at radius 3 is 2.63 bits per heavy atom. The number of hydrogen-bond donors (Lipinski definition) is 2. The second-order valence-electron chi connectivity index (χ2n) is 4.66. The molecule has 0 aliphatic carbocycles. The van der Waals surface area contributed by atoms with Gasteiger partial charge in [-0.05, 0) is 25.1 Å². The van der Waals surface area contributed by atoms with Gasteiger partial charge in [-0.15, -0.1) is 0 Å². The van der Waals surface area contributed by atoms with Crippen molar-refractivity contribution >= 4 is 9.84 Å². The number of sulfone groups is 1. The van der Waals surface area contributed by atoms with Crippen LogP contribution in [0.4, 0.5) is 4.39 Å². The lowest BCUT2D eigenvalue weighted by atomic mass is 10.1. The van der Waals surface area contributed by atoms with E-state index in [2.05, 4.69) is 0 Å². The molecule has 2 N–H and O–H groups in total. The van der Waals surface area contributed by atoms with E-state index in [9.17, 15) is 23.0 Å². The van der Waals surface area contributed by atoms with Crippen molar-refractivity contribution in [1.29, 1.82) is 0 Å². The molecule has 3 atom stereocenters. The summed E-state index contributed by atoms with van der Waals surface area (Å²) < 4.78 is 41.3. The van der Waals surface area contributed by atoms with E-state index >= 15 is 0 Å². The average molecular weight is 290 g/mol. The molecule has 2 unspecified atom stereocenters. The molecule has 0 radical (unpaired) electrons. The van der Waals surface area contributed by atoms with Crippen LogP contribution in [0.25, 0.3) is 0 Å². The molecule has 0 amide bonds. The quantitative estimate of drug-likeness (QED) is 0.842. The van der Waals surface area contributed by atoms with Gasteiger partial charge in [-0.2, -0.15) is 0 Å². The van der Waals surface area contributed by atoms with Crippen LogP contribution in [0.3, 0.4) is 0 Å². The Labute approximate surface area is 110 Å². The van der Waals surface area contributed by atoms with Gasteiger partial charge in [-0.25, -0.2) is 12.8 Å². The second kappa shape index (κ2) is 5.07. The molecule has 2 rings (SSSR count). The highest BCUT2D eigenvalue weighted by Crippen LogP contribution is 2.29. The van der Waals surface area contributed by atoms with Gasteiger partial charge in [0.05, 0.1) is 17.6 Å². The van der Waals surface area contributed by atoms with E-state index in [4.69, 9.17) is 4.74 Å². The van der Waals surface area contributed by atoms with E-state index < -0.39 is 34.0 Å². The first kappa shape index (κ1) is 14.2. The van der Waals surface area contributed by atoms with E-state index in [0.29, 0.717) is 0 Å². The molecule has 1 heterocycles. The van der Waals surface area contributed by atoms with Crippen LogP contribution in [0.15, 0.2) is 18.2 Å². The predicted octanol–water partition coefficient (Wildman–Crippen LogP) is 0.416. The molecular formula is C12H15FO5S. The molecule has 1 saturated heterocycles. The summed E-state index contributed by atoms with van der Waals surface area (Å²) in [5.74, 6) is -0.978. The number of halogens is 1. The van der Waals surface area contributed by atoms with Gasteiger partial charge >= 0.3 is 0 Å². The molecule has 1 aliphatic rings. The zero-order valence-electron chi connectivity index (χ0n) is 10.3. The molecule has 7 heteroatoms. The third-order valence-electron chi connectivity index (χ3n) is 2.97. The molecule has 106 valence electrons. The normalized spacial score (nSPS) is 27.2. The fourth-order valence-electron chi connectivity index (χ4n) is 2.03. The third-order valence-corrected chi connectivity index (χ3v) is 4.66. The molecule has 1 aliphatic heterocycles. The highest BCUT2D eigenvalue weighted by molar-refractivity contribution is 7.91. The van der Waals surface area contributed by atoms with Gasteiger partial charge in [-0.3, -0.25) is 0 Å². The summed E-state index contributed by atoms with van der Waals surface area (Å²) in [6.07, 6.45) is -2.97. The predicted molar refractivity (Wildman–Crippen MR) is 66.1 cm³/mol. The van der Waals surface area contributed by atoms with Crippen molar-refractivity contribution in [1.82, 2.24) is 0 Å². The highest BCUT2D eigenvalue weighted by Gasteiger charge is 2.38. The summed E-state index contributed by atoms with van der Waals surface area (Å²) in [4.78, 5) is 0. The third kappa shape index (κ3) is 3.23. The summed E-state index contributed by atoms with van der Waals surface area (Å²) >= 11 is 0. The molecule has 1 fully saturated rings. The Kier molecular flexibility index (Phi) is 3.80. The Balaban J connectivity index is 2.25. The fraction of sp³-hybridized carbons (Fsp3) is 0.500. The van der Waals surface area contributed by atoms with Crippen LogP contribution >= 0.6 is 0 Å². The molecular weight excluding hydrogens is 275 g/mol. The SMILES string of the molecule is C[C@@H](O)c1cc(F)ccc1OC1CS(=O)(=O)CC1O. The molecule has 19 heavy (non-hydrogen) atoms. The number of hydrogen-bond acceptors (Lipinski definition) is 5. The van der Waals surface area contributed by atoms with Gasteiger partial charge in [0.15, 0.2) is 9.84 Å². The van der Waals surface area contributed by atoms with Crippen molar-refractivity contribution in [2.75, 3.05) is 11.5 Å². The number of aliphatic hydroxyl groups is 2. The Bertz CT molecular complexity index is 569. The van der Waals surface area contributed by atoms with Gasteiger partial charge < -0.3 is 14.9 Å². The smallest absolute Gasteiger partial charge is 0.156 e. The van der Waals surface area contributed by atoms with Gasteiger partial charge in [-0.1, -0.05) is 0 Å². The monoisotopic (exact) mass is 290 g/mol. The maximum absolute atomic E-state index is 13.1. The Morgan fingerprint density at radius 2 is 2.11 bits per heavy atom. The molecule has 0 spiro atoms. The van der Waals surface area contributed by atoms with Gasteiger partial charge in [0.2, 0.25) is 0 Å². The molecule has 1 aromatic rings. The topological polar surface area (TPSA) is 83.8 Å². The van der Waals surface area contributed by atoms with Crippen molar-refractivity contribution in [2.24, 2.45) is 0 Å². The summed E-state index contributed by atoms with van der Waals surface area (Å²) in [7, 11) is -3.32. The summed E-state index contributed by atoms with van der Waals surface area (Å²) in [5.41, 5.74) is 0.219. The van der Waals surface area contributed by atoms with Crippen molar-refractivity contribution in [3.63, 3.8) is 0 Å². The number of aliphatic hydroxyl groups excluding tert-OH is 2. The van der Waals surface area contributed by atoms with E-state index in [-0.39, 0.29) is 22.8 Å². The van der Waals surface area contributed by atoms with E-state index in [1.165, 1.54) is 13.0 Å². The minimum absolute atomic E-state index is 0.178. The zero-order chi connectivity index (χ0) is 14.2. The van der Waals surface area contributed by atoms with Crippen LogP contribution in [0.2, 0.25) is 0 Å². The lowest BCUT2D eigenvalue weighted by Gasteiger charge is -2.19. The van der Waals surface area contributed by atoms with E-state index in [1.807, 2.05) is 0 Å². The average Bonchev–Trinajstić information content (AvgIpc) is 2.54. The van der Waals surface area contributed by atoms with Gasteiger partial charge in [0.25, 0.3) is 0 Å². The van der Waals surface area contributed by atoms with Crippen LogP contribution in [0, 0.1) is 5.82 Å². The van der Waals surface area contributed by atoms with E-state index in [0.717, 1.165) is 12.1 Å². The van der Waals surface area contributed by atoms with Crippen molar-refractivity contribution < 1.29 is 27.8 Å². The van der Waals surface area contributed by atoms with Gasteiger partial charge in [0.1, 0.15) is 23.8 Å². The van der Waals surface area contributed by atoms with Crippen LogP contribution in [-0.4, -0.2) is 42.3 Å². The minimum atomic E-state index is -3.32. The lowest BCUT2D eigenvalue weighted by molar-refractivity contribution is 0.0706. The fourth-order valence-corrected chi connectivity index (χ4v) is 3.69. The maximum atomic E-state index is 13.1. The Morgan fingerprint density at radius 1 is 1.42 bits per heavy atom. The summed E-state index contributed by atoms with van der Waals surface area (Å²) in [6, 6.07) is 3.59. The van der Waals surface area contributed by atoms with Gasteiger partial charge in [0, 0.05) is 5.56 Å². The lowest BCUT2D eigenvalue weighted by Crippen LogP contribution is -2.30. The first-order valence-corrected chi connectivity index (χ1v) is 7.63. The summed E-state index contributed by atoms with van der Waals surface area (Å²) in [6.45, 7) is 1.45. The van der Waals surface area contributed by atoms with Crippen molar-refractivity contribution in [3.8, 4) is 5.75 Å². The van der Waals surface area contributed by atoms with Crippen molar-refractivity contribution in [2.45, 2.75) is 25.2 Å². The molecule has 5 nitrogen and oxygen atoms in total. The standard InChI is InChI=1S/C12H15FO5S/c1-7(14)9-4-8(13)2-3-11(9)18-12-6-19(16,17)5-10(12)15/h2-4,7,10,12,14-15H,5-6H2,1H3/t7-,10?,12?/m1/s1. The minimum Gasteiger partial charge on any atom is -0.486 e. The zero-order valence-corrected chi connectivity index (χ0v) is 11.1. The second-order valence-corrected chi connectivity index (χ2v) is 6.81. The molecule has 1 aromatic carbocycles. The number of benzene rings is 1. The van der Waals surface area contributed by atoms with Crippen molar-refractivity contribution in [3.05, 3.63) is 29.6 Å². The largest absolute Gasteiger partial charge is 0.486 e. The highest BCUT2D eigenvalue weighted by atomic mass is 32.2. The maximum Gasteiger partial charge on any atom is 0.156 e. The molecule has 0 saturated carbocycles. The first-order chi connectivity index (χ1) is 8.78. The van der Waals surface area contributed by atoms with Crippen LogP contribution in [-0.2, 0) is 9.84 Å². The first-order valence-electron chi connectivity index (χ1n) is 5.81. The Hall–Kier alpha value is -1.18. The van der Waals surface area contributed by atoms with E-state index in [1.54, 1.807) is 0 Å². The van der Waals surface area contributed by atoms with Crippen LogP contribution < -0.4 is 4.74 Å². The van der Waals surface area contributed by atoms with Crippen LogP contribution in [0.5, 0.6) is 5.75 Å². The number of ether oxygens (including phenoxy) is 1. The number of rotatable bonds is 3. The molecule has 0 aromatic heterocycles. The molecule has 0 bridgehead atoms.